The summed E-state index contributed by atoms with van der Waals surface area (Å²) in [5.74, 6) is 0.654. The number of aromatic nitrogens is 1. The molecule has 0 fully saturated rings. The predicted octanol–water partition coefficient (Wildman–Crippen LogP) is 3.26. The Bertz CT molecular complexity index is 616. The number of hydrogen-bond donors (Lipinski definition) is 1. The summed E-state index contributed by atoms with van der Waals surface area (Å²) < 4.78 is 5.67. The maximum atomic E-state index is 6.10. The molecule has 1 heterocycles. The molecule has 0 unspecified atom stereocenters. The van der Waals surface area contributed by atoms with Crippen LogP contribution in [0.3, 0.4) is 0 Å². The maximum Gasteiger partial charge on any atom is 0.138 e. The van der Waals surface area contributed by atoms with E-state index in [-0.39, 0.29) is 4.99 Å². The molecule has 2 N–H and O–H groups in total. The normalized spacial score (nSPS) is 10.2. The molecule has 0 saturated carbocycles. The van der Waals surface area contributed by atoms with Gasteiger partial charge in [0.05, 0.1) is 10.7 Å². The Labute approximate surface area is 122 Å². The van der Waals surface area contributed by atoms with Crippen molar-refractivity contribution in [2.45, 2.75) is 13.5 Å². The molecule has 0 bridgehead atoms. The van der Waals surface area contributed by atoms with Crippen LogP contribution in [0.4, 0.5) is 0 Å². The summed E-state index contributed by atoms with van der Waals surface area (Å²) in [6.45, 7) is 2.37. The zero-order valence-corrected chi connectivity index (χ0v) is 12.0. The van der Waals surface area contributed by atoms with E-state index < -0.39 is 0 Å². The number of ether oxygens (including phenoxy) is 1. The first kappa shape index (κ1) is 13.8. The highest BCUT2D eigenvalue weighted by Gasteiger charge is 2.04. The Morgan fingerprint density at radius 1 is 1.37 bits per heavy atom. The van der Waals surface area contributed by atoms with Gasteiger partial charge in [0, 0.05) is 6.20 Å². The molecule has 0 aliphatic rings. The Balaban J connectivity index is 2.10. The van der Waals surface area contributed by atoms with E-state index in [0.29, 0.717) is 23.1 Å². The molecule has 2 rings (SSSR count). The van der Waals surface area contributed by atoms with Crippen LogP contribution >= 0.6 is 23.8 Å². The molecular weight excluding hydrogens is 280 g/mol. The summed E-state index contributed by atoms with van der Waals surface area (Å²) in [6, 6.07) is 9.33. The molecule has 1 aromatic heterocycles. The molecule has 0 amide bonds. The van der Waals surface area contributed by atoms with Crippen molar-refractivity contribution >= 4 is 28.8 Å². The standard InChI is InChI=1S/C14H13ClN2OS/c1-9-2-3-13(11(15)6-9)18-8-10-4-5-17-12(7-10)14(16)19/h2-7H,8H2,1H3,(H2,16,19). The molecule has 0 spiro atoms. The van der Waals surface area contributed by atoms with Crippen molar-refractivity contribution in [3.63, 3.8) is 0 Å². The fourth-order valence-corrected chi connectivity index (χ4v) is 1.98. The molecule has 98 valence electrons. The monoisotopic (exact) mass is 292 g/mol. The molecule has 2 aromatic rings. The molecule has 3 nitrogen and oxygen atoms in total. The van der Waals surface area contributed by atoms with E-state index in [4.69, 9.17) is 34.3 Å². The fraction of sp³-hybridized carbons (Fsp3) is 0.143. The highest BCUT2D eigenvalue weighted by molar-refractivity contribution is 7.80. The third kappa shape index (κ3) is 3.66. The fourth-order valence-electron chi connectivity index (χ4n) is 1.58. The van der Waals surface area contributed by atoms with Gasteiger partial charge in [-0.3, -0.25) is 4.98 Å². The number of benzene rings is 1. The minimum Gasteiger partial charge on any atom is -0.487 e. The topological polar surface area (TPSA) is 48.1 Å². The number of aryl methyl sites for hydroxylation is 1. The summed E-state index contributed by atoms with van der Waals surface area (Å²) >= 11 is 11.0. The van der Waals surface area contributed by atoms with E-state index in [1.807, 2.05) is 37.3 Å². The Hall–Kier alpha value is -1.65. The van der Waals surface area contributed by atoms with Gasteiger partial charge in [-0.1, -0.05) is 29.9 Å². The molecule has 5 heteroatoms. The summed E-state index contributed by atoms with van der Waals surface area (Å²) in [4.78, 5) is 4.35. The van der Waals surface area contributed by atoms with Gasteiger partial charge in [-0.05, 0) is 42.3 Å². The van der Waals surface area contributed by atoms with E-state index in [0.717, 1.165) is 11.1 Å². The lowest BCUT2D eigenvalue weighted by Crippen LogP contribution is -2.12. The third-order valence-electron chi connectivity index (χ3n) is 2.56. The second-order valence-corrected chi connectivity index (χ2v) is 4.98. The van der Waals surface area contributed by atoms with Crippen LogP contribution in [0.15, 0.2) is 36.5 Å². The average Bonchev–Trinajstić information content (AvgIpc) is 2.38. The first-order chi connectivity index (χ1) is 9.06. The van der Waals surface area contributed by atoms with Crippen LogP contribution in [0.25, 0.3) is 0 Å². The molecule has 0 aliphatic heterocycles. The molecule has 0 saturated heterocycles. The first-order valence-electron chi connectivity index (χ1n) is 5.70. The second-order valence-electron chi connectivity index (χ2n) is 4.14. The van der Waals surface area contributed by atoms with Crippen LogP contribution in [-0.2, 0) is 6.61 Å². The van der Waals surface area contributed by atoms with E-state index in [1.54, 1.807) is 6.20 Å². The van der Waals surface area contributed by atoms with Crippen molar-refractivity contribution in [1.29, 1.82) is 0 Å². The maximum absolute atomic E-state index is 6.10. The number of hydrogen-bond acceptors (Lipinski definition) is 3. The van der Waals surface area contributed by atoms with E-state index >= 15 is 0 Å². The number of nitrogens with zero attached hydrogens (tertiary/aromatic N) is 1. The van der Waals surface area contributed by atoms with Crippen LogP contribution in [0, 0.1) is 6.92 Å². The van der Waals surface area contributed by atoms with Crippen LogP contribution in [0.2, 0.25) is 5.02 Å². The highest BCUT2D eigenvalue weighted by atomic mass is 35.5. The number of thiocarbonyl (C=S) groups is 1. The average molecular weight is 293 g/mol. The van der Waals surface area contributed by atoms with Gasteiger partial charge in [0.15, 0.2) is 0 Å². The van der Waals surface area contributed by atoms with Gasteiger partial charge in [0.1, 0.15) is 17.3 Å². The van der Waals surface area contributed by atoms with Gasteiger partial charge in [-0.25, -0.2) is 0 Å². The quantitative estimate of drug-likeness (QED) is 0.879. The van der Waals surface area contributed by atoms with Crippen molar-refractivity contribution in [3.8, 4) is 5.75 Å². The van der Waals surface area contributed by atoms with Gasteiger partial charge in [0.25, 0.3) is 0 Å². The Kier molecular flexibility index (Phi) is 4.35. The molecular formula is C14H13ClN2OS. The third-order valence-corrected chi connectivity index (χ3v) is 3.06. The predicted molar refractivity (Wildman–Crippen MR) is 80.6 cm³/mol. The molecule has 0 atom stereocenters. The Morgan fingerprint density at radius 2 is 2.16 bits per heavy atom. The van der Waals surface area contributed by atoms with Crippen molar-refractivity contribution in [2.24, 2.45) is 5.73 Å². The lowest BCUT2D eigenvalue weighted by Gasteiger charge is -2.09. The van der Waals surface area contributed by atoms with Gasteiger partial charge < -0.3 is 10.5 Å². The highest BCUT2D eigenvalue weighted by Crippen LogP contribution is 2.25. The molecule has 1 aromatic carbocycles. The van der Waals surface area contributed by atoms with Gasteiger partial charge >= 0.3 is 0 Å². The summed E-state index contributed by atoms with van der Waals surface area (Å²) in [6.07, 6.45) is 1.66. The van der Waals surface area contributed by atoms with E-state index in [1.165, 1.54) is 0 Å². The minimum atomic E-state index is 0.273. The van der Waals surface area contributed by atoms with Crippen LogP contribution in [-0.4, -0.2) is 9.97 Å². The van der Waals surface area contributed by atoms with Crippen molar-refractivity contribution in [3.05, 3.63) is 58.4 Å². The number of rotatable bonds is 4. The SMILES string of the molecule is Cc1ccc(OCc2ccnc(C(N)=S)c2)c(Cl)c1. The summed E-state index contributed by atoms with van der Waals surface area (Å²) in [5.41, 5.74) is 8.16. The van der Waals surface area contributed by atoms with Gasteiger partial charge in [-0.2, -0.15) is 0 Å². The number of halogens is 1. The van der Waals surface area contributed by atoms with E-state index in [9.17, 15) is 0 Å². The van der Waals surface area contributed by atoms with Crippen LogP contribution in [0.1, 0.15) is 16.8 Å². The zero-order valence-electron chi connectivity index (χ0n) is 10.4. The smallest absolute Gasteiger partial charge is 0.138 e. The lowest BCUT2D eigenvalue weighted by atomic mass is 10.2. The molecule has 0 radical (unpaired) electrons. The summed E-state index contributed by atoms with van der Waals surface area (Å²) in [5, 5.41) is 0.601. The van der Waals surface area contributed by atoms with Crippen LogP contribution < -0.4 is 10.5 Å². The largest absolute Gasteiger partial charge is 0.487 e. The summed E-state index contributed by atoms with van der Waals surface area (Å²) in [7, 11) is 0. The Morgan fingerprint density at radius 3 is 2.84 bits per heavy atom. The first-order valence-corrected chi connectivity index (χ1v) is 6.48. The molecule has 19 heavy (non-hydrogen) atoms. The van der Waals surface area contributed by atoms with Gasteiger partial charge in [-0.15, -0.1) is 0 Å². The van der Waals surface area contributed by atoms with Crippen LogP contribution in [0.5, 0.6) is 5.75 Å². The number of pyridine rings is 1. The van der Waals surface area contributed by atoms with Gasteiger partial charge in [0.2, 0.25) is 0 Å². The molecule has 0 aliphatic carbocycles. The second kappa shape index (κ2) is 5.99. The number of nitrogens with two attached hydrogens (primary N) is 1. The lowest BCUT2D eigenvalue weighted by molar-refractivity contribution is 0.306. The van der Waals surface area contributed by atoms with Crippen molar-refractivity contribution < 1.29 is 4.74 Å². The van der Waals surface area contributed by atoms with Crippen molar-refractivity contribution in [2.75, 3.05) is 0 Å². The van der Waals surface area contributed by atoms with Crippen molar-refractivity contribution in [1.82, 2.24) is 4.98 Å². The van der Waals surface area contributed by atoms with E-state index in [2.05, 4.69) is 4.98 Å². The zero-order chi connectivity index (χ0) is 13.8. The minimum absolute atomic E-state index is 0.273.